The minimum absolute atomic E-state index is 0. The SMILES string of the molecule is Cc1cc(OC(C)C(=O)N2CCC(C)(CN)C2)ccc1C(C)C.Cl. The number of halogens is 1. The molecular weight excluding hydrogens is 324 g/mol. The van der Waals surface area contributed by atoms with Gasteiger partial charge in [0.2, 0.25) is 0 Å². The van der Waals surface area contributed by atoms with Crippen molar-refractivity contribution in [2.45, 2.75) is 53.1 Å². The molecule has 2 N–H and O–H groups in total. The molecule has 0 spiro atoms. The Kier molecular flexibility index (Phi) is 7.11. The molecule has 1 aromatic carbocycles. The zero-order chi connectivity index (χ0) is 17.2. The molecule has 0 bridgehead atoms. The molecule has 4 nitrogen and oxygen atoms in total. The molecule has 2 rings (SSSR count). The van der Waals surface area contributed by atoms with E-state index in [-0.39, 0.29) is 23.7 Å². The lowest BCUT2D eigenvalue weighted by Crippen LogP contribution is -2.41. The number of hydrogen-bond donors (Lipinski definition) is 1. The molecule has 24 heavy (non-hydrogen) atoms. The van der Waals surface area contributed by atoms with Crippen LogP contribution in [0, 0.1) is 12.3 Å². The molecule has 2 atom stereocenters. The van der Waals surface area contributed by atoms with Crippen LogP contribution < -0.4 is 10.5 Å². The number of hydrogen-bond acceptors (Lipinski definition) is 3. The van der Waals surface area contributed by atoms with E-state index >= 15 is 0 Å². The number of nitrogens with two attached hydrogens (primary N) is 1. The molecule has 2 unspecified atom stereocenters. The van der Waals surface area contributed by atoms with E-state index in [1.54, 1.807) is 0 Å². The van der Waals surface area contributed by atoms with Gasteiger partial charge in [-0.2, -0.15) is 0 Å². The van der Waals surface area contributed by atoms with Crippen molar-refractivity contribution in [1.82, 2.24) is 4.90 Å². The molecule has 0 radical (unpaired) electrons. The fraction of sp³-hybridized carbons (Fsp3) is 0.632. The summed E-state index contributed by atoms with van der Waals surface area (Å²) in [6, 6.07) is 6.07. The van der Waals surface area contributed by atoms with Crippen molar-refractivity contribution in [3.05, 3.63) is 29.3 Å². The molecule has 0 aromatic heterocycles. The fourth-order valence-corrected chi connectivity index (χ4v) is 3.26. The van der Waals surface area contributed by atoms with Crippen molar-refractivity contribution in [2.75, 3.05) is 19.6 Å². The summed E-state index contributed by atoms with van der Waals surface area (Å²) in [5.41, 5.74) is 8.38. The Bertz CT molecular complexity index is 576. The van der Waals surface area contributed by atoms with E-state index in [1.165, 1.54) is 11.1 Å². The zero-order valence-corrected chi connectivity index (χ0v) is 16.3. The maximum absolute atomic E-state index is 12.6. The number of benzene rings is 1. The number of rotatable bonds is 5. The topological polar surface area (TPSA) is 55.6 Å². The second-order valence-corrected chi connectivity index (χ2v) is 7.46. The third-order valence-corrected chi connectivity index (χ3v) is 4.89. The van der Waals surface area contributed by atoms with E-state index in [0.29, 0.717) is 12.5 Å². The zero-order valence-electron chi connectivity index (χ0n) is 15.5. The highest BCUT2D eigenvalue weighted by Crippen LogP contribution is 2.29. The summed E-state index contributed by atoms with van der Waals surface area (Å²) in [7, 11) is 0. The molecule has 136 valence electrons. The van der Waals surface area contributed by atoms with Gasteiger partial charge >= 0.3 is 0 Å². The first kappa shape index (κ1) is 20.8. The van der Waals surface area contributed by atoms with E-state index in [0.717, 1.165) is 25.3 Å². The molecule has 1 aromatic rings. The first-order valence-electron chi connectivity index (χ1n) is 8.52. The van der Waals surface area contributed by atoms with Gasteiger partial charge in [-0.3, -0.25) is 4.79 Å². The van der Waals surface area contributed by atoms with Gasteiger partial charge in [-0.15, -0.1) is 12.4 Å². The first-order chi connectivity index (χ1) is 10.8. The van der Waals surface area contributed by atoms with Gasteiger partial charge in [-0.05, 0) is 61.4 Å². The molecule has 1 aliphatic rings. The summed E-state index contributed by atoms with van der Waals surface area (Å²) < 4.78 is 5.88. The Labute approximate surface area is 152 Å². The Morgan fingerprint density at radius 3 is 2.54 bits per heavy atom. The van der Waals surface area contributed by atoms with Gasteiger partial charge in [0.05, 0.1) is 0 Å². The lowest BCUT2D eigenvalue weighted by molar-refractivity contribution is -0.137. The van der Waals surface area contributed by atoms with Crippen LogP contribution in [0.25, 0.3) is 0 Å². The number of nitrogens with zero attached hydrogens (tertiary/aromatic N) is 1. The van der Waals surface area contributed by atoms with Gasteiger partial charge in [0.25, 0.3) is 5.91 Å². The van der Waals surface area contributed by atoms with Gasteiger partial charge in [-0.25, -0.2) is 0 Å². The standard InChI is InChI=1S/C19H30N2O2.ClH/c1-13(2)17-7-6-16(10-14(17)3)23-15(4)18(22)21-9-8-19(5,11-20)12-21;/h6-7,10,13,15H,8-9,11-12,20H2,1-5H3;1H. The smallest absolute Gasteiger partial charge is 0.263 e. The van der Waals surface area contributed by atoms with Crippen LogP contribution in [0.2, 0.25) is 0 Å². The summed E-state index contributed by atoms with van der Waals surface area (Å²) >= 11 is 0. The van der Waals surface area contributed by atoms with Gasteiger partial charge in [-0.1, -0.05) is 26.8 Å². The second-order valence-electron chi connectivity index (χ2n) is 7.46. The number of aryl methyl sites for hydroxylation is 1. The summed E-state index contributed by atoms with van der Waals surface area (Å²) in [5.74, 6) is 1.29. The average Bonchev–Trinajstić information content (AvgIpc) is 2.89. The van der Waals surface area contributed by atoms with Crippen LogP contribution in [0.5, 0.6) is 5.75 Å². The fourth-order valence-electron chi connectivity index (χ4n) is 3.26. The molecule has 1 fully saturated rings. The van der Waals surface area contributed by atoms with Crippen molar-refractivity contribution in [3.8, 4) is 5.75 Å². The maximum Gasteiger partial charge on any atom is 0.263 e. The Balaban J connectivity index is 0.00000288. The number of likely N-dealkylation sites (tertiary alicyclic amines) is 1. The highest BCUT2D eigenvalue weighted by atomic mass is 35.5. The predicted molar refractivity (Wildman–Crippen MR) is 101 cm³/mol. The largest absolute Gasteiger partial charge is 0.481 e. The molecule has 1 heterocycles. The minimum atomic E-state index is -0.473. The van der Waals surface area contributed by atoms with E-state index in [1.807, 2.05) is 24.0 Å². The lowest BCUT2D eigenvalue weighted by Gasteiger charge is -2.25. The average molecular weight is 355 g/mol. The molecular formula is C19H31ClN2O2. The molecule has 0 saturated carbocycles. The van der Waals surface area contributed by atoms with Crippen LogP contribution in [0.3, 0.4) is 0 Å². The van der Waals surface area contributed by atoms with Gasteiger partial charge < -0.3 is 15.4 Å². The van der Waals surface area contributed by atoms with Crippen molar-refractivity contribution in [3.63, 3.8) is 0 Å². The summed E-state index contributed by atoms with van der Waals surface area (Å²) in [5, 5.41) is 0. The highest BCUT2D eigenvalue weighted by Gasteiger charge is 2.36. The highest BCUT2D eigenvalue weighted by molar-refractivity contribution is 5.85. The van der Waals surface area contributed by atoms with E-state index in [9.17, 15) is 4.79 Å². The number of ether oxygens (including phenoxy) is 1. The van der Waals surface area contributed by atoms with E-state index in [2.05, 4.69) is 33.8 Å². The van der Waals surface area contributed by atoms with Gasteiger partial charge in [0.1, 0.15) is 5.75 Å². The van der Waals surface area contributed by atoms with Crippen molar-refractivity contribution in [1.29, 1.82) is 0 Å². The van der Waals surface area contributed by atoms with Crippen LogP contribution in [-0.2, 0) is 4.79 Å². The van der Waals surface area contributed by atoms with Crippen LogP contribution in [0.4, 0.5) is 0 Å². The second kappa shape index (κ2) is 8.21. The number of amides is 1. The van der Waals surface area contributed by atoms with Crippen LogP contribution >= 0.6 is 12.4 Å². The monoisotopic (exact) mass is 354 g/mol. The van der Waals surface area contributed by atoms with Crippen molar-refractivity contribution < 1.29 is 9.53 Å². The summed E-state index contributed by atoms with van der Waals surface area (Å²) in [6.07, 6.45) is 0.490. The number of carbonyl (C=O) groups excluding carboxylic acids is 1. The third kappa shape index (κ3) is 4.64. The van der Waals surface area contributed by atoms with Crippen LogP contribution in [0.15, 0.2) is 18.2 Å². The minimum Gasteiger partial charge on any atom is -0.481 e. The molecule has 1 amide bonds. The Hall–Kier alpha value is -1.26. The van der Waals surface area contributed by atoms with E-state index < -0.39 is 6.10 Å². The first-order valence-corrected chi connectivity index (χ1v) is 8.52. The normalized spacial score (nSPS) is 21.5. The quantitative estimate of drug-likeness (QED) is 0.880. The third-order valence-electron chi connectivity index (χ3n) is 4.89. The maximum atomic E-state index is 12.6. The summed E-state index contributed by atoms with van der Waals surface area (Å²) in [6.45, 7) is 12.5. The van der Waals surface area contributed by atoms with Gasteiger partial charge in [0.15, 0.2) is 6.10 Å². The van der Waals surface area contributed by atoms with Crippen molar-refractivity contribution in [2.24, 2.45) is 11.1 Å². The molecule has 1 saturated heterocycles. The van der Waals surface area contributed by atoms with Gasteiger partial charge in [0, 0.05) is 13.1 Å². The Morgan fingerprint density at radius 2 is 2.04 bits per heavy atom. The molecule has 1 aliphatic heterocycles. The lowest BCUT2D eigenvalue weighted by atomic mass is 9.90. The number of carbonyl (C=O) groups is 1. The molecule has 5 heteroatoms. The summed E-state index contributed by atoms with van der Waals surface area (Å²) in [4.78, 5) is 14.5. The van der Waals surface area contributed by atoms with Crippen LogP contribution in [0.1, 0.15) is 51.2 Å². The van der Waals surface area contributed by atoms with E-state index in [4.69, 9.17) is 10.5 Å². The van der Waals surface area contributed by atoms with Crippen molar-refractivity contribution >= 4 is 18.3 Å². The van der Waals surface area contributed by atoms with Crippen LogP contribution in [-0.4, -0.2) is 36.5 Å². The molecule has 0 aliphatic carbocycles. The predicted octanol–water partition coefficient (Wildman–Crippen LogP) is 3.50. The Morgan fingerprint density at radius 1 is 1.38 bits per heavy atom.